The fourth-order valence-electron chi connectivity index (χ4n) is 4.19. The van der Waals surface area contributed by atoms with E-state index in [1.165, 1.54) is 6.07 Å². The molecule has 2 aromatic rings. The number of nitro groups is 1. The fraction of sp³-hybridized carbons (Fsp3) is 0.435. The van der Waals surface area contributed by atoms with E-state index < -0.39 is 0 Å². The summed E-state index contributed by atoms with van der Waals surface area (Å²) in [6, 6.07) is 15.1. The van der Waals surface area contributed by atoms with Gasteiger partial charge in [-0.1, -0.05) is 24.3 Å². The molecule has 0 unspecified atom stereocenters. The van der Waals surface area contributed by atoms with E-state index >= 15 is 0 Å². The van der Waals surface area contributed by atoms with Gasteiger partial charge in [-0.05, 0) is 49.4 Å². The zero-order valence-electron chi connectivity index (χ0n) is 17.2. The minimum Gasteiger partial charge on any atom is -0.497 e. The lowest BCUT2D eigenvalue weighted by Crippen LogP contribution is -2.43. The maximum atomic E-state index is 13.3. The van der Waals surface area contributed by atoms with Gasteiger partial charge < -0.3 is 14.5 Å². The maximum Gasteiger partial charge on any atom is 0.292 e. The van der Waals surface area contributed by atoms with Crippen molar-refractivity contribution >= 4 is 17.3 Å². The van der Waals surface area contributed by atoms with E-state index in [2.05, 4.69) is 0 Å². The molecule has 2 fully saturated rings. The van der Waals surface area contributed by atoms with Crippen molar-refractivity contribution in [2.45, 2.75) is 38.3 Å². The van der Waals surface area contributed by atoms with Gasteiger partial charge in [0.05, 0.1) is 12.0 Å². The molecule has 0 atom stereocenters. The van der Waals surface area contributed by atoms with E-state index in [1.807, 2.05) is 40.1 Å². The molecular formula is C23H27N3O4. The molecule has 4 rings (SSSR count). The van der Waals surface area contributed by atoms with Crippen LogP contribution in [0.15, 0.2) is 48.5 Å². The highest BCUT2D eigenvalue weighted by molar-refractivity contribution is 5.80. The number of carbonyl (C=O) groups excluding carboxylic acids is 1. The number of hydrogen-bond donors (Lipinski definition) is 0. The molecule has 1 amide bonds. The van der Waals surface area contributed by atoms with Crippen LogP contribution in [0.4, 0.5) is 11.4 Å². The zero-order chi connectivity index (χ0) is 21.1. The molecule has 7 nitrogen and oxygen atoms in total. The molecule has 158 valence electrons. The Balaban J connectivity index is 1.40. The van der Waals surface area contributed by atoms with Crippen molar-refractivity contribution in [3.05, 3.63) is 64.2 Å². The molecule has 1 saturated carbocycles. The lowest BCUT2D eigenvalue weighted by molar-refractivity contribution is -0.384. The van der Waals surface area contributed by atoms with E-state index in [0.29, 0.717) is 31.4 Å². The SMILES string of the molecule is COc1ccc(CN(C(=O)C2CCN(c3ccccc3[N+](=O)[O-])CC2)C2CC2)cc1. The molecule has 30 heavy (non-hydrogen) atoms. The standard InChI is InChI=1S/C23H27N3O4/c1-30-20-10-6-17(7-11-20)16-25(19-8-9-19)23(27)18-12-14-24(15-13-18)21-4-2-3-5-22(21)26(28)29/h2-7,10-11,18-19H,8-9,12-16H2,1H3. The lowest BCUT2D eigenvalue weighted by atomic mass is 9.94. The van der Waals surface area contributed by atoms with Gasteiger partial charge in [0.2, 0.25) is 5.91 Å². The number of piperidine rings is 1. The molecule has 0 N–H and O–H groups in total. The predicted molar refractivity (Wildman–Crippen MR) is 115 cm³/mol. The van der Waals surface area contributed by atoms with Crippen molar-refractivity contribution in [2.24, 2.45) is 5.92 Å². The molecule has 1 aliphatic carbocycles. The fourth-order valence-corrected chi connectivity index (χ4v) is 4.19. The molecule has 0 spiro atoms. The van der Waals surface area contributed by atoms with Crippen molar-refractivity contribution in [3.8, 4) is 5.75 Å². The normalized spacial score (nSPS) is 16.9. The summed E-state index contributed by atoms with van der Waals surface area (Å²) in [6.07, 6.45) is 3.57. The summed E-state index contributed by atoms with van der Waals surface area (Å²) < 4.78 is 5.22. The second kappa shape index (κ2) is 8.73. The number of carbonyl (C=O) groups is 1. The molecule has 1 heterocycles. The van der Waals surface area contributed by atoms with Crippen LogP contribution in [0.25, 0.3) is 0 Å². The largest absolute Gasteiger partial charge is 0.497 e. The van der Waals surface area contributed by atoms with E-state index in [-0.39, 0.29) is 22.4 Å². The van der Waals surface area contributed by atoms with Gasteiger partial charge in [-0.3, -0.25) is 14.9 Å². The van der Waals surface area contributed by atoms with Crippen LogP contribution in [-0.2, 0) is 11.3 Å². The minimum atomic E-state index is -0.337. The lowest BCUT2D eigenvalue weighted by Gasteiger charge is -2.35. The van der Waals surface area contributed by atoms with Crippen molar-refractivity contribution in [1.82, 2.24) is 4.90 Å². The number of ether oxygens (including phenoxy) is 1. The van der Waals surface area contributed by atoms with Gasteiger partial charge in [-0.15, -0.1) is 0 Å². The third-order valence-corrected chi connectivity index (χ3v) is 6.05. The summed E-state index contributed by atoms with van der Waals surface area (Å²) in [6.45, 7) is 1.93. The van der Waals surface area contributed by atoms with Crippen LogP contribution >= 0.6 is 0 Å². The van der Waals surface area contributed by atoms with Gasteiger partial charge in [-0.2, -0.15) is 0 Å². The highest BCUT2D eigenvalue weighted by Crippen LogP contribution is 2.34. The van der Waals surface area contributed by atoms with Crippen molar-refractivity contribution < 1.29 is 14.5 Å². The highest BCUT2D eigenvalue weighted by Gasteiger charge is 2.37. The average molecular weight is 409 g/mol. The van der Waals surface area contributed by atoms with Crippen LogP contribution in [-0.4, -0.2) is 42.0 Å². The molecular weight excluding hydrogens is 382 g/mol. The van der Waals surface area contributed by atoms with Gasteiger partial charge in [-0.25, -0.2) is 0 Å². The topological polar surface area (TPSA) is 75.9 Å². The quantitative estimate of drug-likeness (QED) is 0.510. The number of nitro benzene ring substituents is 1. The number of methoxy groups -OCH3 is 1. The summed E-state index contributed by atoms with van der Waals surface area (Å²) in [4.78, 5) is 28.4. The van der Waals surface area contributed by atoms with Gasteiger partial charge >= 0.3 is 0 Å². The van der Waals surface area contributed by atoms with E-state index in [1.54, 1.807) is 19.2 Å². The molecule has 7 heteroatoms. The van der Waals surface area contributed by atoms with Crippen molar-refractivity contribution in [3.63, 3.8) is 0 Å². The monoisotopic (exact) mass is 409 g/mol. The summed E-state index contributed by atoms with van der Waals surface area (Å²) >= 11 is 0. The van der Waals surface area contributed by atoms with Crippen LogP contribution in [0.5, 0.6) is 5.75 Å². The Hall–Kier alpha value is -3.09. The van der Waals surface area contributed by atoms with E-state index in [0.717, 1.165) is 37.0 Å². The summed E-state index contributed by atoms with van der Waals surface area (Å²) in [5, 5.41) is 11.3. The van der Waals surface area contributed by atoms with Crippen LogP contribution in [0, 0.1) is 16.0 Å². The van der Waals surface area contributed by atoms with Crippen LogP contribution < -0.4 is 9.64 Å². The van der Waals surface area contributed by atoms with Crippen molar-refractivity contribution in [2.75, 3.05) is 25.1 Å². The number of para-hydroxylation sites is 2. The van der Waals surface area contributed by atoms with E-state index in [9.17, 15) is 14.9 Å². The van der Waals surface area contributed by atoms with Crippen LogP contribution in [0.1, 0.15) is 31.2 Å². The first-order chi connectivity index (χ1) is 14.6. The number of anilines is 1. The van der Waals surface area contributed by atoms with Gasteiger partial charge in [0.1, 0.15) is 11.4 Å². The molecule has 0 radical (unpaired) electrons. The van der Waals surface area contributed by atoms with Crippen LogP contribution in [0.3, 0.4) is 0 Å². The first kappa shape index (κ1) is 20.2. The smallest absolute Gasteiger partial charge is 0.292 e. The minimum absolute atomic E-state index is 0.0251. The second-order valence-corrected chi connectivity index (χ2v) is 8.05. The molecule has 2 aromatic carbocycles. The predicted octanol–water partition coefficient (Wildman–Crippen LogP) is 4.01. The number of nitrogens with zero attached hydrogens (tertiary/aromatic N) is 3. The Morgan fingerprint density at radius 3 is 2.37 bits per heavy atom. The van der Waals surface area contributed by atoms with Gasteiger partial charge in [0.25, 0.3) is 5.69 Å². The first-order valence-corrected chi connectivity index (χ1v) is 10.5. The molecule has 0 aromatic heterocycles. The Kier molecular flexibility index (Phi) is 5.88. The highest BCUT2D eigenvalue weighted by atomic mass is 16.6. The number of amides is 1. The Morgan fingerprint density at radius 2 is 1.77 bits per heavy atom. The maximum absolute atomic E-state index is 13.3. The summed E-state index contributed by atoms with van der Waals surface area (Å²) in [5.74, 6) is 1.00. The van der Waals surface area contributed by atoms with E-state index in [4.69, 9.17) is 4.74 Å². The van der Waals surface area contributed by atoms with Crippen LogP contribution in [0.2, 0.25) is 0 Å². The molecule has 2 aliphatic rings. The Morgan fingerprint density at radius 1 is 1.10 bits per heavy atom. The molecule has 0 bridgehead atoms. The third kappa shape index (κ3) is 4.40. The molecule has 1 saturated heterocycles. The third-order valence-electron chi connectivity index (χ3n) is 6.05. The number of rotatable bonds is 7. The average Bonchev–Trinajstić information content (AvgIpc) is 3.63. The van der Waals surface area contributed by atoms with Gasteiger partial charge in [0, 0.05) is 37.7 Å². The first-order valence-electron chi connectivity index (χ1n) is 10.5. The molecule has 1 aliphatic heterocycles. The summed E-state index contributed by atoms with van der Waals surface area (Å²) in [7, 11) is 1.64. The number of benzene rings is 2. The Bertz CT molecular complexity index is 903. The number of hydrogen-bond acceptors (Lipinski definition) is 5. The van der Waals surface area contributed by atoms with Crippen molar-refractivity contribution in [1.29, 1.82) is 0 Å². The summed E-state index contributed by atoms with van der Waals surface area (Å²) in [5.41, 5.74) is 1.88. The Labute approximate surface area is 176 Å². The second-order valence-electron chi connectivity index (χ2n) is 8.05. The van der Waals surface area contributed by atoms with Gasteiger partial charge in [0.15, 0.2) is 0 Å². The zero-order valence-corrected chi connectivity index (χ0v) is 17.2.